The van der Waals surface area contributed by atoms with Gasteiger partial charge in [-0.15, -0.1) is 0 Å². The van der Waals surface area contributed by atoms with Gasteiger partial charge in [0.15, 0.2) is 0 Å². The van der Waals surface area contributed by atoms with Crippen molar-refractivity contribution in [2.45, 2.75) is 39.3 Å². The van der Waals surface area contributed by atoms with E-state index >= 15 is 0 Å². The largest absolute Gasteiger partial charge is 0.496 e. The van der Waals surface area contributed by atoms with Crippen LogP contribution < -0.4 is 10.3 Å². The number of aliphatic hydroxyl groups is 1. The Bertz CT molecular complexity index is 871. The molecule has 0 saturated carbocycles. The molecule has 1 aromatic carbocycles. The minimum atomic E-state index is -1.21. The molecule has 0 aliphatic carbocycles. The van der Waals surface area contributed by atoms with Gasteiger partial charge in [-0.3, -0.25) is 4.79 Å². The Morgan fingerprint density at radius 3 is 2.68 bits per heavy atom. The van der Waals surface area contributed by atoms with E-state index in [2.05, 4.69) is 5.10 Å². The zero-order valence-electron chi connectivity index (χ0n) is 14.4. The van der Waals surface area contributed by atoms with E-state index in [-0.39, 0.29) is 17.7 Å². The summed E-state index contributed by atoms with van der Waals surface area (Å²) in [5.41, 5.74) is 0.951. The third-order valence-corrected chi connectivity index (χ3v) is 4.04. The lowest BCUT2D eigenvalue weighted by Gasteiger charge is -2.17. The number of methoxy groups -OCH3 is 1. The highest BCUT2D eigenvalue weighted by atomic mass is 19.1. The minimum Gasteiger partial charge on any atom is -0.496 e. The minimum absolute atomic E-state index is 0.0350. The molecule has 132 valence electrons. The number of halogens is 1. The predicted octanol–water partition coefficient (Wildman–Crippen LogP) is 2.12. The van der Waals surface area contributed by atoms with E-state index in [1.54, 1.807) is 0 Å². The molecule has 2 aromatic rings. The van der Waals surface area contributed by atoms with Gasteiger partial charge in [0.25, 0.3) is 5.56 Å². The Kier molecular flexibility index (Phi) is 5.88. The number of nitriles is 1. The molecule has 1 heterocycles. The molecule has 0 bridgehead atoms. The highest BCUT2D eigenvalue weighted by Crippen LogP contribution is 2.26. The van der Waals surface area contributed by atoms with Crippen LogP contribution in [0.2, 0.25) is 0 Å². The molecule has 0 spiro atoms. The third kappa shape index (κ3) is 3.69. The van der Waals surface area contributed by atoms with Crippen LogP contribution >= 0.6 is 0 Å². The van der Waals surface area contributed by atoms with E-state index in [0.29, 0.717) is 29.8 Å². The molecule has 2 rings (SSSR count). The standard InChI is InChI=1S/C18H20FN3O3/c1-4-12-14(9-20)18(24)22(21-15(12)5-2)10-16(23)13-8-11(19)6-7-17(13)25-3/h6-8,16,23H,4-5,10H2,1-3H3. The molecule has 1 unspecified atom stereocenters. The first-order valence-corrected chi connectivity index (χ1v) is 8.01. The van der Waals surface area contributed by atoms with Gasteiger partial charge in [-0.2, -0.15) is 10.4 Å². The number of aryl methyl sites for hydroxylation is 1. The summed E-state index contributed by atoms with van der Waals surface area (Å²) in [6.07, 6.45) is -0.132. The van der Waals surface area contributed by atoms with Gasteiger partial charge in [-0.1, -0.05) is 13.8 Å². The van der Waals surface area contributed by atoms with E-state index in [1.165, 1.54) is 19.2 Å². The molecule has 1 N–H and O–H groups in total. The molecule has 6 nitrogen and oxygen atoms in total. The van der Waals surface area contributed by atoms with Crippen LogP contribution in [0.4, 0.5) is 4.39 Å². The van der Waals surface area contributed by atoms with Crippen molar-refractivity contribution in [1.29, 1.82) is 5.26 Å². The van der Waals surface area contributed by atoms with Crippen molar-refractivity contribution in [3.8, 4) is 11.8 Å². The van der Waals surface area contributed by atoms with Crippen molar-refractivity contribution >= 4 is 0 Å². The van der Waals surface area contributed by atoms with Crippen LogP contribution in [0.3, 0.4) is 0 Å². The van der Waals surface area contributed by atoms with Gasteiger partial charge in [0.05, 0.1) is 19.3 Å². The van der Waals surface area contributed by atoms with Crippen molar-refractivity contribution in [3.05, 3.63) is 56.8 Å². The van der Waals surface area contributed by atoms with Crippen LogP contribution in [0, 0.1) is 17.1 Å². The average molecular weight is 345 g/mol. The normalized spacial score (nSPS) is 11.8. The quantitative estimate of drug-likeness (QED) is 0.866. The molecule has 0 fully saturated rings. The molecule has 0 radical (unpaired) electrons. The van der Waals surface area contributed by atoms with E-state index in [1.807, 2.05) is 19.9 Å². The summed E-state index contributed by atoms with van der Waals surface area (Å²) in [6.45, 7) is 3.53. The first kappa shape index (κ1) is 18.6. The van der Waals surface area contributed by atoms with E-state index in [0.717, 1.165) is 10.7 Å². The summed E-state index contributed by atoms with van der Waals surface area (Å²) in [5.74, 6) is -0.216. The van der Waals surface area contributed by atoms with Crippen molar-refractivity contribution in [2.75, 3.05) is 7.11 Å². The van der Waals surface area contributed by atoms with Crippen molar-refractivity contribution in [3.63, 3.8) is 0 Å². The molecule has 0 amide bonds. The lowest BCUT2D eigenvalue weighted by molar-refractivity contribution is 0.145. The number of aliphatic hydroxyl groups excluding tert-OH is 1. The number of aromatic nitrogens is 2. The molecule has 25 heavy (non-hydrogen) atoms. The Morgan fingerprint density at radius 1 is 1.40 bits per heavy atom. The summed E-state index contributed by atoms with van der Waals surface area (Å²) in [4.78, 5) is 12.5. The number of rotatable bonds is 6. The number of ether oxygens (including phenoxy) is 1. The van der Waals surface area contributed by atoms with Crippen LogP contribution in [0.25, 0.3) is 0 Å². The summed E-state index contributed by atoms with van der Waals surface area (Å²) >= 11 is 0. The summed E-state index contributed by atoms with van der Waals surface area (Å²) < 4.78 is 19.7. The van der Waals surface area contributed by atoms with E-state index in [4.69, 9.17) is 4.74 Å². The smallest absolute Gasteiger partial charge is 0.285 e. The second-order valence-electron chi connectivity index (χ2n) is 5.51. The zero-order valence-corrected chi connectivity index (χ0v) is 14.4. The summed E-state index contributed by atoms with van der Waals surface area (Å²) in [6, 6.07) is 5.71. The van der Waals surface area contributed by atoms with Crippen LogP contribution in [0.15, 0.2) is 23.0 Å². The number of hydrogen-bond acceptors (Lipinski definition) is 5. The number of nitrogens with zero attached hydrogens (tertiary/aromatic N) is 3. The maximum Gasteiger partial charge on any atom is 0.285 e. The SMILES string of the molecule is CCc1nn(CC(O)c2cc(F)ccc2OC)c(=O)c(C#N)c1CC. The molecule has 7 heteroatoms. The second-order valence-corrected chi connectivity index (χ2v) is 5.51. The molecule has 1 aromatic heterocycles. The van der Waals surface area contributed by atoms with Gasteiger partial charge < -0.3 is 9.84 Å². The maximum atomic E-state index is 13.5. The fraction of sp³-hybridized carbons (Fsp3) is 0.389. The molecular weight excluding hydrogens is 325 g/mol. The number of benzene rings is 1. The van der Waals surface area contributed by atoms with Crippen LogP contribution in [-0.4, -0.2) is 22.0 Å². The molecule has 0 aliphatic rings. The zero-order chi connectivity index (χ0) is 18.6. The average Bonchev–Trinajstić information content (AvgIpc) is 2.62. The number of hydrogen-bond donors (Lipinski definition) is 1. The Labute approximate surface area is 145 Å². The molecule has 0 saturated heterocycles. The van der Waals surface area contributed by atoms with E-state index in [9.17, 15) is 19.6 Å². The highest BCUT2D eigenvalue weighted by Gasteiger charge is 2.20. The molecule has 1 atom stereocenters. The molecular formula is C18H20FN3O3. The maximum absolute atomic E-state index is 13.5. The van der Waals surface area contributed by atoms with Crippen molar-refractivity contribution in [2.24, 2.45) is 0 Å². The van der Waals surface area contributed by atoms with Gasteiger partial charge in [0, 0.05) is 5.56 Å². The van der Waals surface area contributed by atoms with Gasteiger partial charge in [0.2, 0.25) is 0 Å². The van der Waals surface area contributed by atoms with Crippen molar-refractivity contribution < 1.29 is 14.2 Å². The lowest BCUT2D eigenvalue weighted by Crippen LogP contribution is -2.30. The third-order valence-electron chi connectivity index (χ3n) is 4.04. The fourth-order valence-corrected chi connectivity index (χ4v) is 2.79. The first-order chi connectivity index (χ1) is 12.0. The monoisotopic (exact) mass is 345 g/mol. The second kappa shape index (κ2) is 7.90. The van der Waals surface area contributed by atoms with Gasteiger partial charge >= 0.3 is 0 Å². The summed E-state index contributed by atoms with van der Waals surface area (Å²) in [7, 11) is 1.41. The van der Waals surface area contributed by atoms with Crippen molar-refractivity contribution in [1.82, 2.24) is 9.78 Å². The summed E-state index contributed by atoms with van der Waals surface area (Å²) in [5, 5.41) is 24.1. The van der Waals surface area contributed by atoms with Crippen LogP contribution in [0.5, 0.6) is 5.75 Å². The topological polar surface area (TPSA) is 88.1 Å². The van der Waals surface area contributed by atoms with E-state index < -0.39 is 17.5 Å². The Balaban J connectivity index is 2.49. The highest BCUT2D eigenvalue weighted by molar-refractivity contribution is 5.38. The van der Waals surface area contributed by atoms with Gasteiger partial charge in [0.1, 0.15) is 29.3 Å². The lowest BCUT2D eigenvalue weighted by atomic mass is 10.0. The Morgan fingerprint density at radius 2 is 2.12 bits per heavy atom. The van der Waals surface area contributed by atoms with Crippen LogP contribution in [0.1, 0.15) is 42.3 Å². The molecule has 0 aliphatic heterocycles. The van der Waals surface area contributed by atoms with Gasteiger partial charge in [-0.25, -0.2) is 9.07 Å². The first-order valence-electron chi connectivity index (χ1n) is 8.01. The fourth-order valence-electron chi connectivity index (χ4n) is 2.79. The van der Waals surface area contributed by atoms with Gasteiger partial charge in [-0.05, 0) is 36.6 Å². The predicted molar refractivity (Wildman–Crippen MR) is 89.9 cm³/mol. The van der Waals surface area contributed by atoms with Crippen LogP contribution in [-0.2, 0) is 19.4 Å². The Hall–Kier alpha value is -2.72.